The summed E-state index contributed by atoms with van der Waals surface area (Å²) in [6.07, 6.45) is 2.52. The van der Waals surface area contributed by atoms with Gasteiger partial charge in [-0.15, -0.1) is 0 Å². The van der Waals surface area contributed by atoms with E-state index < -0.39 is 0 Å². The van der Waals surface area contributed by atoms with E-state index in [0.29, 0.717) is 31.8 Å². The predicted octanol–water partition coefficient (Wildman–Crippen LogP) is 1.12. The van der Waals surface area contributed by atoms with Crippen LogP contribution < -0.4 is 10.6 Å². The number of aromatic amines is 1. The number of imidazole rings is 1. The maximum atomic E-state index is 12.5. The number of aromatic nitrogens is 2. The smallest absolute Gasteiger partial charge is 0.237 e. The number of likely N-dealkylation sites (tertiary alicyclic amines) is 1. The number of para-hydroxylation sites is 2. The molecule has 2 atom stereocenters. The lowest BCUT2D eigenvalue weighted by molar-refractivity contribution is -0.125. The summed E-state index contributed by atoms with van der Waals surface area (Å²) in [6.45, 7) is 3.69. The highest BCUT2D eigenvalue weighted by Gasteiger charge is 2.37. The van der Waals surface area contributed by atoms with E-state index in [1.54, 1.807) is 0 Å². The molecule has 0 saturated carbocycles. The minimum atomic E-state index is -0.261. The third kappa shape index (κ3) is 4.37. The van der Waals surface area contributed by atoms with Crippen molar-refractivity contribution in [2.24, 2.45) is 0 Å². The fourth-order valence-corrected chi connectivity index (χ4v) is 3.77. The third-order valence-electron chi connectivity index (χ3n) is 4.49. The first-order valence-electron chi connectivity index (χ1n) is 8.84. The Bertz CT molecular complexity index is 745. The van der Waals surface area contributed by atoms with Gasteiger partial charge in [-0.1, -0.05) is 12.1 Å². The molecule has 140 valence electrons. The van der Waals surface area contributed by atoms with Crippen LogP contribution >= 0.6 is 11.8 Å². The second kappa shape index (κ2) is 8.55. The topological polar surface area (TPSA) is 90.1 Å². The van der Waals surface area contributed by atoms with Gasteiger partial charge < -0.3 is 15.6 Å². The maximum Gasteiger partial charge on any atom is 0.237 e. The number of hydrogen-bond donors (Lipinski definition) is 3. The number of H-pyrrole nitrogens is 1. The molecule has 2 heterocycles. The fraction of sp³-hybridized carbons (Fsp3) is 0.500. The minimum Gasteiger partial charge on any atom is -0.355 e. The van der Waals surface area contributed by atoms with Gasteiger partial charge >= 0.3 is 0 Å². The van der Waals surface area contributed by atoms with E-state index in [4.69, 9.17) is 0 Å². The molecule has 2 aromatic rings. The summed E-state index contributed by atoms with van der Waals surface area (Å²) in [6, 6.07) is 7.59. The molecule has 1 saturated heterocycles. The quantitative estimate of drug-likeness (QED) is 0.675. The summed E-state index contributed by atoms with van der Waals surface area (Å²) in [7, 11) is 0. The fourth-order valence-electron chi connectivity index (χ4n) is 3.42. The Morgan fingerprint density at radius 1 is 1.38 bits per heavy atom. The van der Waals surface area contributed by atoms with E-state index in [2.05, 4.69) is 25.5 Å². The van der Waals surface area contributed by atoms with Crippen LogP contribution in [0, 0.1) is 0 Å². The molecule has 0 unspecified atom stereocenters. The number of likely N-dealkylation sites (N-methyl/N-ethyl adjacent to an activating group) is 1. The number of amides is 2. The third-order valence-corrected chi connectivity index (χ3v) is 5.04. The molecule has 1 fully saturated rings. The van der Waals surface area contributed by atoms with Gasteiger partial charge in [0.05, 0.1) is 29.4 Å². The molecular formula is C18H25N5O2S. The number of hydrogen-bond acceptors (Lipinski definition) is 5. The molecule has 1 aromatic heterocycles. The van der Waals surface area contributed by atoms with Crippen LogP contribution in [0.15, 0.2) is 24.3 Å². The van der Waals surface area contributed by atoms with Crippen LogP contribution in [0.2, 0.25) is 0 Å². The number of thioether (sulfide) groups is 1. The standard InChI is InChI=1S/C18H25N5O2S/c1-3-19-18(25)15-8-12(20-17(24)11-26-2)9-23(15)10-16-21-13-6-4-5-7-14(13)22-16/h4-7,12,15H,3,8-11H2,1-2H3,(H,19,25)(H,20,24)(H,21,22)/t12-,15-/m0/s1. The summed E-state index contributed by atoms with van der Waals surface area (Å²) < 4.78 is 0. The summed E-state index contributed by atoms with van der Waals surface area (Å²) in [5, 5.41) is 5.94. The van der Waals surface area contributed by atoms with Gasteiger partial charge in [0.25, 0.3) is 0 Å². The van der Waals surface area contributed by atoms with Gasteiger partial charge in [-0.25, -0.2) is 4.98 Å². The Balaban J connectivity index is 1.72. The number of fused-ring (bicyclic) bond motifs is 1. The van der Waals surface area contributed by atoms with Gasteiger partial charge in [-0.2, -0.15) is 11.8 Å². The normalized spacial score (nSPS) is 20.4. The van der Waals surface area contributed by atoms with Crippen molar-refractivity contribution in [3.63, 3.8) is 0 Å². The summed E-state index contributed by atoms with van der Waals surface area (Å²) in [5.74, 6) is 1.29. The zero-order valence-electron chi connectivity index (χ0n) is 15.1. The largest absolute Gasteiger partial charge is 0.355 e. The van der Waals surface area contributed by atoms with Crippen LogP contribution in [0.25, 0.3) is 11.0 Å². The highest BCUT2D eigenvalue weighted by Crippen LogP contribution is 2.21. The molecule has 1 aliphatic rings. The van der Waals surface area contributed by atoms with E-state index in [9.17, 15) is 9.59 Å². The maximum absolute atomic E-state index is 12.5. The molecule has 1 aliphatic heterocycles. The van der Waals surface area contributed by atoms with Crippen LogP contribution in [0.5, 0.6) is 0 Å². The van der Waals surface area contributed by atoms with Crippen molar-refractivity contribution in [3.05, 3.63) is 30.1 Å². The van der Waals surface area contributed by atoms with Crippen molar-refractivity contribution in [1.29, 1.82) is 0 Å². The lowest BCUT2D eigenvalue weighted by Gasteiger charge is -2.22. The average Bonchev–Trinajstić information content (AvgIpc) is 3.18. The van der Waals surface area contributed by atoms with Gasteiger partial charge in [-0.05, 0) is 31.7 Å². The van der Waals surface area contributed by atoms with Crippen molar-refractivity contribution in [3.8, 4) is 0 Å². The first-order chi connectivity index (χ1) is 12.6. The van der Waals surface area contributed by atoms with E-state index >= 15 is 0 Å². The summed E-state index contributed by atoms with van der Waals surface area (Å²) in [4.78, 5) is 34.4. The molecule has 0 bridgehead atoms. The van der Waals surface area contributed by atoms with Crippen molar-refractivity contribution in [2.45, 2.75) is 32.0 Å². The Morgan fingerprint density at radius 3 is 2.92 bits per heavy atom. The molecule has 3 rings (SSSR count). The number of carbonyl (C=O) groups is 2. The van der Waals surface area contributed by atoms with Crippen LogP contribution in [0.1, 0.15) is 19.2 Å². The van der Waals surface area contributed by atoms with E-state index in [1.165, 1.54) is 11.8 Å². The number of rotatable bonds is 7. The van der Waals surface area contributed by atoms with Crippen LogP contribution in [0.3, 0.4) is 0 Å². The van der Waals surface area contributed by atoms with Crippen molar-refractivity contribution >= 4 is 34.6 Å². The van der Waals surface area contributed by atoms with Crippen LogP contribution in [0.4, 0.5) is 0 Å². The van der Waals surface area contributed by atoms with Crippen LogP contribution in [-0.2, 0) is 16.1 Å². The molecule has 0 aliphatic carbocycles. The van der Waals surface area contributed by atoms with Crippen molar-refractivity contribution < 1.29 is 9.59 Å². The Morgan fingerprint density at radius 2 is 2.19 bits per heavy atom. The summed E-state index contributed by atoms with van der Waals surface area (Å²) >= 11 is 1.49. The van der Waals surface area contributed by atoms with Gasteiger partial charge in [0.1, 0.15) is 5.82 Å². The molecule has 8 heteroatoms. The molecule has 1 aromatic carbocycles. The molecular weight excluding hydrogens is 350 g/mol. The van der Waals surface area contributed by atoms with Crippen molar-refractivity contribution in [1.82, 2.24) is 25.5 Å². The molecule has 3 N–H and O–H groups in total. The zero-order valence-corrected chi connectivity index (χ0v) is 15.9. The second-order valence-corrected chi connectivity index (χ2v) is 7.34. The van der Waals surface area contributed by atoms with E-state index in [-0.39, 0.29) is 23.9 Å². The first-order valence-corrected chi connectivity index (χ1v) is 10.2. The lowest BCUT2D eigenvalue weighted by Crippen LogP contribution is -2.42. The van der Waals surface area contributed by atoms with E-state index in [1.807, 2.05) is 37.4 Å². The van der Waals surface area contributed by atoms with Crippen LogP contribution in [-0.4, -0.2) is 63.9 Å². The Labute approximate surface area is 157 Å². The van der Waals surface area contributed by atoms with Crippen molar-refractivity contribution in [2.75, 3.05) is 25.1 Å². The minimum absolute atomic E-state index is 0.00484. The Kier molecular flexibility index (Phi) is 6.16. The molecule has 0 spiro atoms. The molecule has 0 radical (unpaired) electrons. The number of nitrogens with one attached hydrogen (secondary N) is 3. The van der Waals surface area contributed by atoms with Gasteiger partial charge in [-0.3, -0.25) is 14.5 Å². The first kappa shape index (κ1) is 18.7. The Hall–Kier alpha value is -2.06. The number of carbonyl (C=O) groups excluding carboxylic acids is 2. The highest BCUT2D eigenvalue weighted by atomic mass is 32.2. The van der Waals surface area contributed by atoms with Gasteiger partial charge in [0.2, 0.25) is 11.8 Å². The number of benzene rings is 1. The van der Waals surface area contributed by atoms with E-state index in [0.717, 1.165) is 16.9 Å². The lowest BCUT2D eigenvalue weighted by atomic mass is 10.1. The zero-order chi connectivity index (χ0) is 18.5. The molecule has 26 heavy (non-hydrogen) atoms. The average molecular weight is 375 g/mol. The SMILES string of the molecule is CCNC(=O)[C@@H]1C[C@H](NC(=O)CSC)CN1Cc1nc2ccccc2[nH]1. The monoisotopic (exact) mass is 375 g/mol. The van der Waals surface area contributed by atoms with Gasteiger partial charge in [0, 0.05) is 19.1 Å². The predicted molar refractivity (Wildman–Crippen MR) is 104 cm³/mol. The number of nitrogens with zero attached hydrogens (tertiary/aromatic N) is 2. The molecule has 2 amide bonds. The molecule has 7 nitrogen and oxygen atoms in total. The van der Waals surface area contributed by atoms with Gasteiger partial charge in [0.15, 0.2) is 0 Å². The highest BCUT2D eigenvalue weighted by molar-refractivity contribution is 7.99. The summed E-state index contributed by atoms with van der Waals surface area (Å²) in [5.41, 5.74) is 1.90. The second-order valence-electron chi connectivity index (χ2n) is 6.47.